The highest BCUT2D eigenvalue weighted by Crippen LogP contribution is 2.44. The van der Waals surface area contributed by atoms with Crippen LogP contribution >= 0.6 is 0 Å². The zero-order valence-corrected chi connectivity index (χ0v) is 26.5. The van der Waals surface area contributed by atoms with E-state index >= 15 is 0 Å². The van der Waals surface area contributed by atoms with Gasteiger partial charge in [-0.3, -0.25) is 0 Å². The van der Waals surface area contributed by atoms with E-state index in [1.807, 2.05) is 18.2 Å². The highest BCUT2D eigenvalue weighted by Gasteiger charge is 2.20. The van der Waals surface area contributed by atoms with Crippen molar-refractivity contribution in [3.63, 3.8) is 0 Å². The summed E-state index contributed by atoms with van der Waals surface area (Å²) < 4.78 is 12.9. The molecular formula is C46H29NO2. The quantitative estimate of drug-likeness (QED) is 0.190. The highest BCUT2D eigenvalue weighted by molar-refractivity contribution is 6.14. The number of hydrogen-bond donors (Lipinski definition) is 0. The number of anilines is 3. The van der Waals surface area contributed by atoms with E-state index < -0.39 is 0 Å². The lowest BCUT2D eigenvalue weighted by Crippen LogP contribution is -2.10. The van der Waals surface area contributed by atoms with Crippen LogP contribution in [0.1, 0.15) is 0 Å². The van der Waals surface area contributed by atoms with Crippen LogP contribution in [0.3, 0.4) is 0 Å². The number of benzene rings is 8. The number of hydrogen-bond acceptors (Lipinski definition) is 3. The van der Waals surface area contributed by atoms with Crippen molar-refractivity contribution in [2.45, 2.75) is 0 Å². The molecule has 2 aromatic heterocycles. The molecule has 0 saturated heterocycles. The Morgan fingerprint density at radius 3 is 1.78 bits per heavy atom. The average Bonchev–Trinajstić information content (AvgIpc) is 3.73. The molecule has 0 aliphatic rings. The molecule has 49 heavy (non-hydrogen) atoms. The maximum atomic E-state index is 6.73. The maximum Gasteiger partial charge on any atom is 0.159 e. The summed E-state index contributed by atoms with van der Waals surface area (Å²) in [4.78, 5) is 2.30. The second-order valence-corrected chi connectivity index (χ2v) is 12.5. The van der Waals surface area contributed by atoms with Gasteiger partial charge in [0.25, 0.3) is 0 Å². The number of fused-ring (bicyclic) bond motifs is 7. The summed E-state index contributed by atoms with van der Waals surface area (Å²) in [6, 6.07) is 62.0. The Morgan fingerprint density at radius 1 is 0.367 bits per heavy atom. The number of para-hydroxylation sites is 2. The predicted octanol–water partition coefficient (Wildman–Crippen LogP) is 13.4. The minimum absolute atomic E-state index is 0.860. The zero-order chi connectivity index (χ0) is 32.3. The minimum Gasteiger partial charge on any atom is -0.456 e. The van der Waals surface area contributed by atoms with Crippen LogP contribution in [-0.2, 0) is 0 Å². The van der Waals surface area contributed by atoms with Crippen molar-refractivity contribution >= 4 is 71.7 Å². The van der Waals surface area contributed by atoms with Crippen LogP contribution in [0.5, 0.6) is 0 Å². The summed E-state index contributed by atoms with van der Waals surface area (Å²) >= 11 is 0. The van der Waals surface area contributed by atoms with Gasteiger partial charge in [-0.05, 0) is 87.6 Å². The van der Waals surface area contributed by atoms with Crippen molar-refractivity contribution in [3.8, 4) is 22.3 Å². The van der Waals surface area contributed by atoms with Crippen molar-refractivity contribution in [1.29, 1.82) is 0 Å². The molecule has 0 fully saturated rings. The second kappa shape index (κ2) is 11.0. The smallest absolute Gasteiger partial charge is 0.159 e. The maximum absolute atomic E-state index is 6.73. The van der Waals surface area contributed by atoms with Gasteiger partial charge in [0.05, 0.1) is 5.69 Å². The average molecular weight is 628 g/mol. The molecule has 0 atom stereocenters. The van der Waals surface area contributed by atoms with E-state index in [0.29, 0.717) is 0 Å². The molecule has 0 unspecified atom stereocenters. The molecule has 3 nitrogen and oxygen atoms in total. The summed E-state index contributed by atoms with van der Waals surface area (Å²) in [7, 11) is 0. The second-order valence-electron chi connectivity index (χ2n) is 12.5. The number of furan rings is 2. The Hall–Kier alpha value is -6.58. The largest absolute Gasteiger partial charge is 0.456 e. The fourth-order valence-corrected chi connectivity index (χ4v) is 7.31. The normalized spacial score (nSPS) is 11.7. The van der Waals surface area contributed by atoms with Gasteiger partial charge in [0.2, 0.25) is 0 Å². The summed E-state index contributed by atoms with van der Waals surface area (Å²) in [5.41, 5.74) is 11.3. The van der Waals surface area contributed by atoms with E-state index in [1.54, 1.807) is 0 Å². The van der Waals surface area contributed by atoms with Gasteiger partial charge in [0, 0.05) is 32.9 Å². The van der Waals surface area contributed by atoms with Gasteiger partial charge in [0.15, 0.2) is 5.58 Å². The first kappa shape index (κ1) is 27.5. The number of nitrogens with zero attached hydrogens (tertiary/aromatic N) is 1. The Bertz CT molecular complexity index is 2810. The molecular weight excluding hydrogens is 599 g/mol. The topological polar surface area (TPSA) is 29.5 Å². The summed E-state index contributed by atoms with van der Waals surface area (Å²) in [5, 5.41) is 6.85. The van der Waals surface area contributed by atoms with Gasteiger partial charge in [-0.15, -0.1) is 0 Å². The monoisotopic (exact) mass is 627 g/mol. The van der Waals surface area contributed by atoms with Crippen LogP contribution in [0.2, 0.25) is 0 Å². The first-order valence-electron chi connectivity index (χ1n) is 16.6. The van der Waals surface area contributed by atoms with E-state index in [1.165, 1.54) is 21.9 Å². The Labute approximate surface area is 282 Å². The molecule has 2 heterocycles. The van der Waals surface area contributed by atoms with Crippen molar-refractivity contribution in [1.82, 2.24) is 0 Å². The van der Waals surface area contributed by atoms with Crippen LogP contribution in [-0.4, -0.2) is 0 Å². The van der Waals surface area contributed by atoms with Crippen molar-refractivity contribution in [2.75, 3.05) is 4.90 Å². The molecule has 0 aliphatic carbocycles. The molecule has 0 saturated carbocycles. The minimum atomic E-state index is 0.860. The van der Waals surface area contributed by atoms with Crippen LogP contribution in [0.25, 0.3) is 76.9 Å². The van der Waals surface area contributed by atoms with Gasteiger partial charge < -0.3 is 13.7 Å². The molecule has 8 aromatic carbocycles. The Balaban J connectivity index is 1.15. The SMILES string of the molecule is c1ccc(-c2ccc(N(c3ccc(-c4cccc5oc6ccccc6c45)cc3)c3cccc4c3oc3cc5ccccc5cc34)cc2)cc1. The lowest BCUT2D eigenvalue weighted by atomic mass is 9.99. The fourth-order valence-electron chi connectivity index (χ4n) is 7.31. The van der Waals surface area contributed by atoms with Crippen molar-refractivity contribution in [3.05, 3.63) is 176 Å². The molecule has 0 radical (unpaired) electrons. The highest BCUT2D eigenvalue weighted by atomic mass is 16.3. The fraction of sp³-hybridized carbons (Fsp3) is 0. The van der Waals surface area contributed by atoms with E-state index in [2.05, 4.69) is 163 Å². The van der Waals surface area contributed by atoms with Gasteiger partial charge in [-0.25, -0.2) is 0 Å². The molecule has 0 bridgehead atoms. The van der Waals surface area contributed by atoms with Gasteiger partial charge in [-0.2, -0.15) is 0 Å². The van der Waals surface area contributed by atoms with E-state index in [4.69, 9.17) is 8.83 Å². The zero-order valence-electron chi connectivity index (χ0n) is 26.5. The van der Waals surface area contributed by atoms with Crippen LogP contribution in [0.4, 0.5) is 17.1 Å². The van der Waals surface area contributed by atoms with Crippen LogP contribution in [0, 0.1) is 0 Å². The number of rotatable bonds is 5. The van der Waals surface area contributed by atoms with Gasteiger partial charge >= 0.3 is 0 Å². The lowest BCUT2D eigenvalue weighted by molar-refractivity contribution is 0.669. The predicted molar refractivity (Wildman–Crippen MR) is 204 cm³/mol. The Morgan fingerprint density at radius 2 is 0.980 bits per heavy atom. The first-order chi connectivity index (χ1) is 24.3. The molecule has 230 valence electrons. The molecule has 10 aromatic rings. The van der Waals surface area contributed by atoms with Crippen LogP contribution < -0.4 is 4.90 Å². The molecule has 0 amide bonds. The summed E-state index contributed by atoms with van der Waals surface area (Å²) in [6.45, 7) is 0. The van der Waals surface area contributed by atoms with Gasteiger partial charge in [0.1, 0.15) is 16.7 Å². The molecule has 0 N–H and O–H groups in total. The molecule has 0 aliphatic heterocycles. The molecule has 10 rings (SSSR count). The third-order valence-corrected chi connectivity index (χ3v) is 9.66. The van der Waals surface area contributed by atoms with E-state index in [-0.39, 0.29) is 0 Å². The lowest BCUT2D eigenvalue weighted by Gasteiger charge is -2.26. The third kappa shape index (κ3) is 4.51. The standard InChI is InChI=1S/C46H29NO2/c1-2-10-30(11-3-1)31-20-24-35(25-21-31)47(41-17-8-16-38-40-28-33-12-4-5-13-34(33)29-44(40)49-46(38)41)36-26-22-32(23-27-36)37-15-9-19-43-45(37)39-14-6-7-18-42(39)48-43/h1-29H. The van der Waals surface area contributed by atoms with E-state index in [9.17, 15) is 0 Å². The first-order valence-corrected chi connectivity index (χ1v) is 16.6. The molecule has 3 heteroatoms. The van der Waals surface area contributed by atoms with E-state index in [0.717, 1.165) is 72.1 Å². The molecule has 0 spiro atoms. The summed E-state index contributed by atoms with van der Waals surface area (Å²) in [6.07, 6.45) is 0. The summed E-state index contributed by atoms with van der Waals surface area (Å²) in [5.74, 6) is 0. The Kier molecular flexibility index (Phi) is 6.18. The van der Waals surface area contributed by atoms with Gasteiger partial charge in [-0.1, -0.05) is 121 Å². The van der Waals surface area contributed by atoms with Crippen molar-refractivity contribution in [2.24, 2.45) is 0 Å². The third-order valence-electron chi connectivity index (χ3n) is 9.66. The van der Waals surface area contributed by atoms with Crippen molar-refractivity contribution < 1.29 is 8.83 Å². The van der Waals surface area contributed by atoms with Crippen LogP contribution in [0.15, 0.2) is 185 Å².